The van der Waals surface area contributed by atoms with Crippen LogP contribution in [-0.2, 0) is 16.1 Å². The SMILES string of the molecule is COCC(C)N(C)Cc1ccc(OC)c(C=CC(=O)O)c1. The summed E-state index contributed by atoms with van der Waals surface area (Å²) in [7, 11) is 5.28. The summed E-state index contributed by atoms with van der Waals surface area (Å²) in [6.45, 7) is 3.51. The summed E-state index contributed by atoms with van der Waals surface area (Å²) in [5.74, 6) is -0.322. The maximum Gasteiger partial charge on any atom is 0.328 e. The van der Waals surface area contributed by atoms with E-state index in [0.717, 1.165) is 23.7 Å². The topological polar surface area (TPSA) is 59.0 Å². The van der Waals surface area contributed by atoms with Gasteiger partial charge in [-0.1, -0.05) is 6.07 Å². The lowest BCUT2D eigenvalue weighted by Gasteiger charge is -2.24. The van der Waals surface area contributed by atoms with E-state index in [0.29, 0.717) is 18.4 Å². The predicted molar refractivity (Wildman–Crippen MR) is 82.5 cm³/mol. The molecule has 1 atom stereocenters. The number of carbonyl (C=O) groups is 1. The molecule has 0 spiro atoms. The van der Waals surface area contributed by atoms with Crippen molar-refractivity contribution in [1.29, 1.82) is 0 Å². The fraction of sp³-hybridized carbons (Fsp3) is 0.438. The van der Waals surface area contributed by atoms with Crippen molar-refractivity contribution in [2.45, 2.75) is 19.5 Å². The second kappa shape index (κ2) is 8.44. The molecule has 1 unspecified atom stereocenters. The van der Waals surface area contributed by atoms with Gasteiger partial charge in [0, 0.05) is 31.3 Å². The quantitative estimate of drug-likeness (QED) is 0.745. The van der Waals surface area contributed by atoms with Gasteiger partial charge in [-0.05, 0) is 37.7 Å². The van der Waals surface area contributed by atoms with E-state index in [1.807, 2.05) is 25.2 Å². The van der Waals surface area contributed by atoms with Crippen molar-refractivity contribution in [1.82, 2.24) is 4.90 Å². The van der Waals surface area contributed by atoms with Crippen molar-refractivity contribution in [3.05, 3.63) is 35.4 Å². The third kappa shape index (κ3) is 5.57. The average Bonchev–Trinajstić information content (AvgIpc) is 2.45. The van der Waals surface area contributed by atoms with E-state index in [4.69, 9.17) is 14.6 Å². The van der Waals surface area contributed by atoms with Gasteiger partial charge in [0.15, 0.2) is 0 Å². The van der Waals surface area contributed by atoms with E-state index < -0.39 is 5.97 Å². The first-order chi connectivity index (χ1) is 9.97. The Labute approximate surface area is 125 Å². The number of nitrogens with zero attached hydrogens (tertiary/aromatic N) is 1. The van der Waals surface area contributed by atoms with Gasteiger partial charge in [-0.15, -0.1) is 0 Å². The number of hydrogen-bond acceptors (Lipinski definition) is 4. The molecule has 0 radical (unpaired) electrons. The number of methoxy groups -OCH3 is 2. The normalized spacial score (nSPS) is 12.8. The van der Waals surface area contributed by atoms with E-state index in [1.54, 1.807) is 20.3 Å². The number of benzene rings is 1. The number of rotatable bonds is 8. The second-order valence-corrected chi connectivity index (χ2v) is 4.97. The first-order valence-electron chi connectivity index (χ1n) is 6.75. The van der Waals surface area contributed by atoms with Crippen molar-refractivity contribution >= 4 is 12.0 Å². The minimum Gasteiger partial charge on any atom is -0.496 e. The Bertz CT molecular complexity index is 499. The number of carboxylic acid groups (broad SMARTS) is 1. The Morgan fingerprint density at radius 3 is 2.71 bits per heavy atom. The Morgan fingerprint density at radius 2 is 2.14 bits per heavy atom. The molecule has 0 saturated carbocycles. The van der Waals surface area contributed by atoms with Gasteiger partial charge in [0.1, 0.15) is 5.75 Å². The van der Waals surface area contributed by atoms with Crippen molar-refractivity contribution in [3.63, 3.8) is 0 Å². The van der Waals surface area contributed by atoms with Crippen molar-refractivity contribution in [3.8, 4) is 5.75 Å². The molecule has 1 aromatic rings. The van der Waals surface area contributed by atoms with Crippen LogP contribution in [0.5, 0.6) is 5.75 Å². The molecular formula is C16H23NO4. The van der Waals surface area contributed by atoms with Gasteiger partial charge in [0.2, 0.25) is 0 Å². The number of likely N-dealkylation sites (N-methyl/N-ethyl adjacent to an activating group) is 1. The highest BCUT2D eigenvalue weighted by molar-refractivity contribution is 5.85. The molecule has 0 amide bonds. The molecule has 0 heterocycles. The fourth-order valence-corrected chi connectivity index (χ4v) is 1.99. The fourth-order valence-electron chi connectivity index (χ4n) is 1.99. The lowest BCUT2D eigenvalue weighted by atomic mass is 10.1. The summed E-state index contributed by atoms with van der Waals surface area (Å²) in [5.41, 5.74) is 1.84. The van der Waals surface area contributed by atoms with E-state index in [9.17, 15) is 4.79 Å². The van der Waals surface area contributed by atoms with Crippen LogP contribution >= 0.6 is 0 Å². The highest BCUT2D eigenvalue weighted by atomic mass is 16.5. The van der Waals surface area contributed by atoms with Crippen LogP contribution in [0, 0.1) is 0 Å². The Hall–Kier alpha value is -1.85. The number of hydrogen-bond donors (Lipinski definition) is 1. The molecular weight excluding hydrogens is 270 g/mol. The molecule has 0 aliphatic rings. The molecule has 0 fully saturated rings. The third-order valence-corrected chi connectivity index (χ3v) is 3.29. The van der Waals surface area contributed by atoms with E-state index in [2.05, 4.69) is 11.8 Å². The molecule has 0 aromatic heterocycles. The average molecular weight is 293 g/mol. The monoisotopic (exact) mass is 293 g/mol. The van der Waals surface area contributed by atoms with E-state index in [1.165, 1.54) is 0 Å². The van der Waals surface area contributed by atoms with Gasteiger partial charge >= 0.3 is 5.97 Å². The van der Waals surface area contributed by atoms with Crippen LogP contribution in [0.3, 0.4) is 0 Å². The maximum atomic E-state index is 10.6. The molecule has 0 aliphatic heterocycles. The summed E-state index contributed by atoms with van der Waals surface area (Å²) < 4.78 is 10.4. The van der Waals surface area contributed by atoms with Gasteiger partial charge in [0.25, 0.3) is 0 Å². The number of ether oxygens (including phenoxy) is 2. The smallest absolute Gasteiger partial charge is 0.328 e. The largest absolute Gasteiger partial charge is 0.496 e. The molecule has 116 valence electrons. The molecule has 0 bridgehead atoms. The Balaban J connectivity index is 2.89. The molecule has 0 saturated heterocycles. The molecule has 1 aromatic carbocycles. The van der Waals surface area contributed by atoms with Crippen LogP contribution in [0.15, 0.2) is 24.3 Å². The van der Waals surface area contributed by atoms with Crippen LogP contribution in [0.4, 0.5) is 0 Å². The van der Waals surface area contributed by atoms with Crippen molar-refractivity contribution < 1.29 is 19.4 Å². The molecule has 21 heavy (non-hydrogen) atoms. The van der Waals surface area contributed by atoms with Crippen molar-refractivity contribution in [2.75, 3.05) is 27.9 Å². The number of carboxylic acids is 1. The van der Waals surface area contributed by atoms with Crippen LogP contribution in [0.2, 0.25) is 0 Å². The molecule has 5 heteroatoms. The lowest BCUT2D eigenvalue weighted by Crippen LogP contribution is -2.32. The summed E-state index contributed by atoms with van der Waals surface area (Å²) >= 11 is 0. The first-order valence-corrected chi connectivity index (χ1v) is 6.75. The summed E-state index contributed by atoms with van der Waals surface area (Å²) in [4.78, 5) is 12.8. The van der Waals surface area contributed by atoms with Gasteiger partial charge in [-0.25, -0.2) is 4.79 Å². The minimum atomic E-state index is -0.978. The van der Waals surface area contributed by atoms with E-state index >= 15 is 0 Å². The first kappa shape index (κ1) is 17.2. The van der Waals surface area contributed by atoms with E-state index in [-0.39, 0.29) is 0 Å². The van der Waals surface area contributed by atoms with Gasteiger partial charge < -0.3 is 14.6 Å². The molecule has 0 aliphatic carbocycles. The van der Waals surface area contributed by atoms with Crippen molar-refractivity contribution in [2.24, 2.45) is 0 Å². The maximum absolute atomic E-state index is 10.6. The zero-order valence-electron chi connectivity index (χ0n) is 13.0. The summed E-state index contributed by atoms with van der Waals surface area (Å²) in [6.07, 6.45) is 2.65. The third-order valence-electron chi connectivity index (χ3n) is 3.29. The van der Waals surface area contributed by atoms with Crippen LogP contribution in [0.1, 0.15) is 18.1 Å². The Morgan fingerprint density at radius 1 is 1.43 bits per heavy atom. The highest BCUT2D eigenvalue weighted by Crippen LogP contribution is 2.22. The lowest BCUT2D eigenvalue weighted by molar-refractivity contribution is -0.131. The zero-order valence-corrected chi connectivity index (χ0v) is 13.0. The van der Waals surface area contributed by atoms with Crippen LogP contribution in [0.25, 0.3) is 6.08 Å². The van der Waals surface area contributed by atoms with Crippen LogP contribution < -0.4 is 4.74 Å². The minimum absolute atomic E-state index is 0.301. The Kier molecular flexibility index (Phi) is 6.91. The molecule has 1 rings (SSSR count). The second-order valence-electron chi connectivity index (χ2n) is 4.97. The van der Waals surface area contributed by atoms with Gasteiger partial charge in [0.05, 0.1) is 13.7 Å². The van der Waals surface area contributed by atoms with Gasteiger partial charge in [-0.2, -0.15) is 0 Å². The summed E-state index contributed by atoms with van der Waals surface area (Å²) in [6, 6.07) is 6.07. The predicted octanol–water partition coefficient (Wildman–Crippen LogP) is 2.26. The number of aliphatic carboxylic acids is 1. The molecule has 5 nitrogen and oxygen atoms in total. The van der Waals surface area contributed by atoms with Gasteiger partial charge in [-0.3, -0.25) is 4.90 Å². The molecule has 1 N–H and O–H groups in total. The standard InChI is InChI=1S/C16H23NO4/c1-12(11-20-3)17(2)10-13-5-7-15(21-4)14(9-13)6-8-16(18)19/h5-9,12H,10-11H2,1-4H3,(H,18,19). The van der Waals surface area contributed by atoms with Crippen LogP contribution in [-0.4, -0.2) is 49.9 Å². The highest BCUT2D eigenvalue weighted by Gasteiger charge is 2.10. The summed E-state index contributed by atoms with van der Waals surface area (Å²) in [5, 5.41) is 8.74. The zero-order chi connectivity index (χ0) is 15.8.